The van der Waals surface area contributed by atoms with Crippen LogP contribution in [0.4, 0.5) is 0 Å². The number of benzene rings is 1. The lowest BCUT2D eigenvalue weighted by Crippen LogP contribution is -2.13. The van der Waals surface area contributed by atoms with Crippen molar-refractivity contribution in [2.24, 2.45) is 5.92 Å². The van der Waals surface area contributed by atoms with Crippen LogP contribution < -0.4 is 0 Å². The van der Waals surface area contributed by atoms with E-state index in [0.29, 0.717) is 12.5 Å². The summed E-state index contributed by atoms with van der Waals surface area (Å²) >= 11 is 0. The van der Waals surface area contributed by atoms with Gasteiger partial charge >= 0.3 is 5.97 Å². The molecular formula is C13H18O3. The smallest absolute Gasteiger partial charge is 0.341 e. The zero-order chi connectivity index (χ0) is 12.0. The molecule has 0 atom stereocenters. The molecule has 1 aromatic rings. The fraction of sp³-hybridized carbons (Fsp3) is 0.462. The van der Waals surface area contributed by atoms with Gasteiger partial charge in [0.05, 0.1) is 6.61 Å². The van der Waals surface area contributed by atoms with Crippen LogP contribution in [0.3, 0.4) is 0 Å². The average Bonchev–Trinajstić information content (AvgIpc) is 2.30. The highest BCUT2D eigenvalue weighted by Crippen LogP contribution is 2.17. The van der Waals surface area contributed by atoms with Gasteiger partial charge in [-0.05, 0) is 18.1 Å². The molecule has 0 bridgehead atoms. The molecule has 1 aromatic carbocycles. The van der Waals surface area contributed by atoms with Crippen LogP contribution in [0.25, 0.3) is 0 Å². The molecule has 3 nitrogen and oxygen atoms in total. The van der Waals surface area contributed by atoms with Crippen LogP contribution in [0, 0.1) is 5.92 Å². The predicted molar refractivity (Wildman–Crippen MR) is 62.5 cm³/mol. The Hall–Kier alpha value is -1.51. The third kappa shape index (κ3) is 3.26. The predicted octanol–water partition coefficient (Wildman–Crippen LogP) is 2.99. The van der Waals surface area contributed by atoms with Gasteiger partial charge in [0.2, 0.25) is 0 Å². The van der Waals surface area contributed by atoms with E-state index in [9.17, 15) is 9.90 Å². The van der Waals surface area contributed by atoms with Gasteiger partial charge in [0.1, 0.15) is 11.3 Å². The summed E-state index contributed by atoms with van der Waals surface area (Å²) in [6.07, 6.45) is 1.98. The van der Waals surface area contributed by atoms with E-state index in [-0.39, 0.29) is 11.3 Å². The van der Waals surface area contributed by atoms with Crippen molar-refractivity contribution in [3.05, 3.63) is 29.8 Å². The summed E-state index contributed by atoms with van der Waals surface area (Å²) in [5.41, 5.74) is 0.230. The molecule has 0 saturated heterocycles. The molecule has 88 valence electrons. The molecule has 0 aliphatic rings. The van der Waals surface area contributed by atoms with Crippen molar-refractivity contribution in [1.82, 2.24) is 0 Å². The van der Waals surface area contributed by atoms with Crippen molar-refractivity contribution in [2.75, 3.05) is 6.61 Å². The quantitative estimate of drug-likeness (QED) is 0.779. The fourth-order valence-electron chi connectivity index (χ4n) is 1.44. The van der Waals surface area contributed by atoms with Gasteiger partial charge in [-0.25, -0.2) is 4.79 Å². The number of hydrogen-bond acceptors (Lipinski definition) is 3. The molecule has 0 fully saturated rings. The van der Waals surface area contributed by atoms with E-state index in [1.165, 1.54) is 6.07 Å². The van der Waals surface area contributed by atoms with Crippen molar-refractivity contribution in [1.29, 1.82) is 0 Å². The minimum Gasteiger partial charge on any atom is -0.507 e. The van der Waals surface area contributed by atoms with E-state index in [2.05, 4.69) is 13.8 Å². The molecule has 0 unspecified atom stereocenters. The molecule has 0 heterocycles. The minimum absolute atomic E-state index is 0.0305. The van der Waals surface area contributed by atoms with Gasteiger partial charge in [-0.3, -0.25) is 0 Å². The maximum absolute atomic E-state index is 11.6. The van der Waals surface area contributed by atoms with Gasteiger partial charge in [-0.1, -0.05) is 38.8 Å². The van der Waals surface area contributed by atoms with Crippen LogP contribution >= 0.6 is 0 Å². The first-order valence-corrected chi connectivity index (χ1v) is 5.64. The van der Waals surface area contributed by atoms with Gasteiger partial charge in [0.25, 0.3) is 0 Å². The second-order valence-corrected chi connectivity index (χ2v) is 3.80. The van der Waals surface area contributed by atoms with E-state index in [1.54, 1.807) is 18.2 Å². The Kier molecular flexibility index (Phi) is 4.83. The van der Waals surface area contributed by atoms with Crippen LogP contribution in [-0.2, 0) is 4.74 Å². The van der Waals surface area contributed by atoms with Crippen molar-refractivity contribution in [3.63, 3.8) is 0 Å². The van der Waals surface area contributed by atoms with Gasteiger partial charge < -0.3 is 9.84 Å². The molecule has 0 aliphatic carbocycles. The second kappa shape index (κ2) is 6.16. The van der Waals surface area contributed by atoms with Crippen LogP contribution in [0.5, 0.6) is 5.75 Å². The molecule has 0 saturated carbocycles. The summed E-state index contributed by atoms with van der Waals surface area (Å²) in [4.78, 5) is 11.6. The zero-order valence-electron chi connectivity index (χ0n) is 9.77. The van der Waals surface area contributed by atoms with Crippen LogP contribution in [0.1, 0.15) is 37.0 Å². The average molecular weight is 222 g/mol. The zero-order valence-corrected chi connectivity index (χ0v) is 9.77. The molecule has 0 aromatic heterocycles. The van der Waals surface area contributed by atoms with Gasteiger partial charge in [0.15, 0.2) is 0 Å². The Labute approximate surface area is 96.1 Å². The third-order valence-corrected chi connectivity index (χ3v) is 2.73. The summed E-state index contributed by atoms with van der Waals surface area (Å²) in [5.74, 6) is -0.0862. The Morgan fingerprint density at radius 3 is 2.50 bits per heavy atom. The Morgan fingerprint density at radius 2 is 1.94 bits per heavy atom. The molecular weight excluding hydrogens is 204 g/mol. The number of carbonyl (C=O) groups excluding carboxylic acids is 1. The highest BCUT2D eigenvalue weighted by Gasteiger charge is 2.13. The highest BCUT2D eigenvalue weighted by molar-refractivity contribution is 5.92. The van der Waals surface area contributed by atoms with Crippen molar-refractivity contribution in [3.8, 4) is 5.75 Å². The van der Waals surface area contributed by atoms with E-state index in [4.69, 9.17) is 4.74 Å². The molecule has 1 rings (SSSR count). The topological polar surface area (TPSA) is 46.5 Å². The van der Waals surface area contributed by atoms with E-state index < -0.39 is 5.97 Å². The number of hydrogen-bond donors (Lipinski definition) is 1. The lowest BCUT2D eigenvalue weighted by atomic mass is 10.1. The van der Waals surface area contributed by atoms with Gasteiger partial charge in [0, 0.05) is 0 Å². The molecule has 0 radical (unpaired) electrons. The van der Waals surface area contributed by atoms with Crippen molar-refractivity contribution >= 4 is 5.97 Å². The second-order valence-electron chi connectivity index (χ2n) is 3.80. The normalized spacial score (nSPS) is 10.4. The largest absolute Gasteiger partial charge is 0.507 e. The molecule has 0 aliphatic heterocycles. The first-order chi connectivity index (χ1) is 7.69. The third-order valence-electron chi connectivity index (χ3n) is 2.73. The maximum Gasteiger partial charge on any atom is 0.341 e. The standard InChI is InChI=1S/C13H18O3/c1-3-10(4-2)9-16-13(15)11-7-5-6-8-12(11)14/h5-8,10,14H,3-4,9H2,1-2H3. The maximum atomic E-state index is 11.6. The van der Waals surface area contributed by atoms with E-state index in [0.717, 1.165) is 12.8 Å². The monoisotopic (exact) mass is 222 g/mol. The number of rotatable bonds is 5. The van der Waals surface area contributed by atoms with Gasteiger partial charge in [-0.2, -0.15) is 0 Å². The molecule has 3 heteroatoms. The lowest BCUT2D eigenvalue weighted by Gasteiger charge is -2.12. The number of para-hydroxylation sites is 1. The number of phenolic OH excluding ortho intramolecular Hbond substituents is 1. The van der Waals surface area contributed by atoms with E-state index >= 15 is 0 Å². The minimum atomic E-state index is -0.454. The molecule has 1 N–H and O–H groups in total. The number of esters is 1. The fourth-order valence-corrected chi connectivity index (χ4v) is 1.44. The van der Waals surface area contributed by atoms with E-state index in [1.807, 2.05) is 0 Å². The molecule has 0 amide bonds. The first kappa shape index (κ1) is 12.6. The Bertz CT molecular complexity index is 343. The number of phenols is 1. The summed E-state index contributed by atoms with van der Waals surface area (Å²) in [5, 5.41) is 9.46. The Balaban J connectivity index is 2.56. The summed E-state index contributed by atoms with van der Waals surface area (Å²) in [6.45, 7) is 4.56. The Morgan fingerprint density at radius 1 is 1.31 bits per heavy atom. The number of ether oxygens (including phenoxy) is 1. The summed E-state index contributed by atoms with van der Waals surface area (Å²) in [7, 11) is 0. The SMILES string of the molecule is CCC(CC)COC(=O)c1ccccc1O. The van der Waals surface area contributed by atoms with Gasteiger partial charge in [-0.15, -0.1) is 0 Å². The molecule has 16 heavy (non-hydrogen) atoms. The number of carbonyl (C=O) groups is 1. The van der Waals surface area contributed by atoms with Crippen LogP contribution in [0.15, 0.2) is 24.3 Å². The molecule has 0 spiro atoms. The van der Waals surface area contributed by atoms with Crippen LogP contribution in [0.2, 0.25) is 0 Å². The van der Waals surface area contributed by atoms with Crippen molar-refractivity contribution in [2.45, 2.75) is 26.7 Å². The summed E-state index contributed by atoms with van der Waals surface area (Å²) < 4.78 is 5.15. The van der Waals surface area contributed by atoms with Crippen LogP contribution in [-0.4, -0.2) is 17.7 Å². The number of aromatic hydroxyl groups is 1. The summed E-state index contributed by atoms with van der Waals surface area (Å²) in [6, 6.07) is 6.42. The first-order valence-electron chi connectivity index (χ1n) is 5.64. The highest BCUT2D eigenvalue weighted by atomic mass is 16.5. The van der Waals surface area contributed by atoms with Crippen molar-refractivity contribution < 1.29 is 14.6 Å². The lowest BCUT2D eigenvalue weighted by molar-refractivity contribution is 0.0430.